The monoisotopic (exact) mass is 199 g/mol. The molecule has 1 amide bonds. The molecular weight excluding hydrogens is 182 g/mol. The summed E-state index contributed by atoms with van der Waals surface area (Å²) in [6.45, 7) is 2.21. The van der Waals surface area contributed by atoms with E-state index in [1.807, 2.05) is 0 Å². The number of carbonyl (C=O) groups is 1. The van der Waals surface area contributed by atoms with Gasteiger partial charge in [0.15, 0.2) is 0 Å². The summed E-state index contributed by atoms with van der Waals surface area (Å²) >= 11 is 0. The maximum absolute atomic E-state index is 11.6. The largest absolute Gasteiger partial charge is 0.450 e. The molecule has 4 heteroatoms. The Morgan fingerprint density at radius 1 is 1.57 bits per heavy atom. The van der Waals surface area contributed by atoms with E-state index in [9.17, 15) is 9.90 Å². The topological polar surface area (TPSA) is 49.8 Å². The second-order valence-electron chi connectivity index (χ2n) is 4.06. The highest BCUT2D eigenvalue weighted by molar-refractivity contribution is 5.69. The van der Waals surface area contributed by atoms with E-state index in [1.54, 1.807) is 11.8 Å². The van der Waals surface area contributed by atoms with Gasteiger partial charge in [0.05, 0.1) is 18.8 Å². The zero-order valence-electron chi connectivity index (χ0n) is 8.48. The predicted molar refractivity (Wildman–Crippen MR) is 50.9 cm³/mol. The van der Waals surface area contributed by atoms with Crippen molar-refractivity contribution < 1.29 is 14.6 Å². The van der Waals surface area contributed by atoms with Crippen molar-refractivity contribution in [3.8, 4) is 0 Å². The number of fused-ring (bicyclic) bond motifs is 2. The second-order valence-corrected chi connectivity index (χ2v) is 4.06. The van der Waals surface area contributed by atoms with Gasteiger partial charge in [0.2, 0.25) is 0 Å². The van der Waals surface area contributed by atoms with Crippen molar-refractivity contribution >= 4 is 6.09 Å². The Kier molecular flexibility index (Phi) is 2.63. The summed E-state index contributed by atoms with van der Waals surface area (Å²) in [6.07, 6.45) is 3.17. The quantitative estimate of drug-likeness (QED) is 0.688. The number of amides is 1. The number of carbonyl (C=O) groups excluding carboxylic acids is 1. The summed E-state index contributed by atoms with van der Waals surface area (Å²) in [4.78, 5) is 13.3. The van der Waals surface area contributed by atoms with Crippen LogP contribution in [-0.2, 0) is 4.74 Å². The first-order valence-electron chi connectivity index (χ1n) is 5.37. The van der Waals surface area contributed by atoms with Crippen LogP contribution in [0.3, 0.4) is 0 Å². The molecule has 2 aliphatic rings. The fourth-order valence-electron chi connectivity index (χ4n) is 2.64. The van der Waals surface area contributed by atoms with Crippen LogP contribution in [0.15, 0.2) is 0 Å². The molecule has 0 aromatic carbocycles. The van der Waals surface area contributed by atoms with Gasteiger partial charge in [-0.1, -0.05) is 0 Å². The van der Waals surface area contributed by atoms with Gasteiger partial charge in [0.1, 0.15) is 0 Å². The van der Waals surface area contributed by atoms with E-state index in [4.69, 9.17) is 4.74 Å². The molecule has 0 aliphatic carbocycles. The van der Waals surface area contributed by atoms with Crippen LogP contribution in [0.2, 0.25) is 0 Å². The Morgan fingerprint density at radius 2 is 2.36 bits per heavy atom. The smallest absolute Gasteiger partial charge is 0.410 e. The number of hydrogen-bond acceptors (Lipinski definition) is 3. The van der Waals surface area contributed by atoms with Crippen molar-refractivity contribution in [2.75, 3.05) is 6.61 Å². The minimum Gasteiger partial charge on any atom is -0.450 e. The lowest BCUT2D eigenvalue weighted by molar-refractivity contribution is 0.0544. The number of aliphatic hydroxyl groups is 1. The summed E-state index contributed by atoms with van der Waals surface area (Å²) in [5.41, 5.74) is 0. The summed E-state index contributed by atoms with van der Waals surface area (Å²) in [7, 11) is 0. The van der Waals surface area contributed by atoms with Gasteiger partial charge in [-0.15, -0.1) is 0 Å². The van der Waals surface area contributed by atoms with E-state index in [0.717, 1.165) is 25.7 Å². The third kappa shape index (κ3) is 1.47. The lowest BCUT2D eigenvalue weighted by Gasteiger charge is -2.33. The molecule has 4 nitrogen and oxygen atoms in total. The van der Waals surface area contributed by atoms with Crippen molar-refractivity contribution in [2.24, 2.45) is 0 Å². The zero-order valence-corrected chi connectivity index (χ0v) is 8.48. The molecule has 1 N–H and O–H groups in total. The third-order valence-electron chi connectivity index (χ3n) is 3.22. The Bertz CT molecular complexity index is 231. The van der Waals surface area contributed by atoms with Gasteiger partial charge in [-0.3, -0.25) is 4.90 Å². The molecule has 2 heterocycles. The maximum atomic E-state index is 11.6. The third-order valence-corrected chi connectivity index (χ3v) is 3.22. The molecule has 0 saturated carbocycles. The lowest BCUT2D eigenvalue weighted by atomic mass is 10.0. The van der Waals surface area contributed by atoms with Crippen LogP contribution in [0.25, 0.3) is 0 Å². The average Bonchev–Trinajstić information content (AvgIpc) is 2.34. The first-order valence-corrected chi connectivity index (χ1v) is 5.37. The molecule has 0 aromatic rings. The van der Waals surface area contributed by atoms with Gasteiger partial charge in [-0.05, 0) is 32.6 Å². The number of ether oxygens (including phenoxy) is 1. The molecule has 2 bridgehead atoms. The standard InChI is InChI=1S/C10H17NO3/c1-2-14-10(13)11-7-4-3-5-8(11)9(12)6-7/h7-9,12H,2-6H2,1H3. The zero-order chi connectivity index (χ0) is 10.1. The Morgan fingerprint density at radius 3 is 3.00 bits per heavy atom. The molecule has 2 rings (SSSR count). The van der Waals surface area contributed by atoms with Crippen LogP contribution in [0, 0.1) is 0 Å². The van der Waals surface area contributed by atoms with Gasteiger partial charge < -0.3 is 9.84 Å². The fraction of sp³-hybridized carbons (Fsp3) is 0.900. The number of aliphatic hydroxyl groups excluding tert-OH is 1. The van der Waals surface area contributed by atoms with E-state index < -0.39 is 0 Å². The van der Waals surface area contributed by atoms with E-state index in [-0.39, 0.29) is 24.3 Å². The molecule has 80 valence electrons. The number of nitrogens with zero attached hydrogens (tertiary/aromatic N) is 1. The van der Waals surface area contributed by atoms with Crippen LogP contribution >= 0.6 is 0 Å². The van der Waals surface area contributed by atoms with E-state index >= 15 is 0 Å². The van der Waals surface area contributed by atoms with Crippen molar-refractivity contribution in [1.29, 1.82) is 0 Å². The molecular formula is C10H17NO3. The van der Waals surface area contributed by atoms with Crippen molar-refractivity contribution in [1.82, 2.24) is 4.90 Å². The van der Waals surface area contributed by atoms with Gasteiger partial charge in [-0.2, -0.15) is 0 Å². The van der Waals surface area contributed by atoms with Crippen molar-refractivity contribution in [3.63, 3.8) is 0 Å². The predicted octanol–water partition coefficient (Wildman–Crippen LogP) is 1.13. The summed E-state index contributed by atoms with van der Waals surface area (Å²) in [6, 6.07) is 0.218. The van der Waals surface area contributed by atoms with Crippen LogP contribution in [0.5, 0.6) is 0 Å². The van der Waals surface area contributed by atoms with Crippen molar-refractivity contribution in [3.05, 3.63) is 0 Å². The average molecular weight is 199 g/mol. The summed E-state index contributed by atoms with van der Waals surface area (Å²) < 4.78 is 4.99. The molecule has 0 radical (unpaired) electrons. The minimum atomic E-state index is -0.341. The second kappa shape index (κ2) is 3.77. The highest BCUT2D eigenvalue weighted by Gasteiger charge is 2.45. The van der Waals surface area contributed by atoms with Gasteiger partial charge >= 0.3 is 6.09 Å². The lowest BCUT2D eigenvalue weighted by Crippen LogP contribution is -2.46. The van der Waals surface area contributed by atoms with Gasteiger partial charge in [0, 0.05) is 6.04 Å². The van der Waals surface area contributed by atoms with E-state index in [2.05, 4.69) is 0 Å². The molecule has 0 spiro atoms. The van der Waals surface area contributed by atoms with E-state index in [1.165, 1.54) is 0 Å². The highest BCUT2D eigenvalue weighted by Crippen LogP contribution is 2.36. The molecule has 2 fully saturated rings. The Balaban J connectivity index is 2.08. The highest BCUT2D eigenvalue weighted by atomic mass is 16.6. The minimum absolute atomic E-state index is 0.00722. The first-order chi connectivity index (χ1) is 6.74. The summed E-state index contributed by atoms with van der Waals surface area (Å²) in [5.74, 6) is 0. The summed E-state index contributed by atoms with van der Waals surface area (Å²) in [5, 5.41) is 9.74. The Hall–Kier alpha value is -0.770. The van der Waals surface area contributed by atoms with Crippen LogP contribution in [0.4, 0.5) is 4.79 Å². The SMILES string of the molecule is CCOC(=O)N1C2CCCC1C(O)C2. The van der Waals surface area contributed by atoms with Gasteiger partial charge in [-0.25, -0.2) is 4.79 Å². The van der Waals surface area contributed by atoms with Crippen molar-refractivity contribution in [2.45, 2.75) is 50.8 Å². The number of rotatable bonds is 1. The molecule has 3 unspecified atom stereocenters. The van der Waals surface area contributed by atoms with Crippen LogP contribution < -0.4 is 0 Å². The number of hydrogen-bond donors (Lipinski definition) is 1. The first kappa shape index (κ1) is 9.77. The van der Waals surface area contributed by atoms with Gasteiger partial charge in [0.25, 0.3) is 0 Å². The molecule has 0 aromatic heterocycles. The maximum Gasteiger partial charge on any atom is 0.410 e. The fourth-order valence-corrected chi connectivity index (χ4v) is 2.64. The normalized spacial score (nSPS) is 35.9. The van der Waals surface area contributed by atoms with Crippen LogP contribution in [0.1, 0.15) is 32.6 Å². The molecule has 2 saturated heterocycles. The molecule has 2 aliphatic heterocycles. The molecule has 3 atom stereocenters. The number of piperidine rings is 1. The van der Waals surface area contributed by atoms with E-state index in [0.29, 0.717) is 6.61 Å². The Labute approximate surface area is 83.8 Å². The molecule has 14 heavy (non-hydrogen) atoms. The van der Waals surface area contributed by atoms with Crippen LogP contribution in [-0.4, -0.2) is 40.9 Å².